The van der Waals surface area contributed by atoms with Crippen LogP contribution in [0.1, 0.15) is 41.2 Å². The van der Waals surface area contributed by atoms with E-state index in [-0.39, 0.29) is 12.5 Å². The van der Waals surface area contributed by atoms with Crippen LogP contribution in [0.25, 0.3) is 0 Å². The standard InChI is InChI=1S/C31H39N3O4S/c1-6-16-32-31(36)29(20-26-13-8-7-9-14-26)33(21-27-15-11-10-12-25(27)4)30(35)22-34(39(5,37)38)28-18-23(2)17-24(3)19-28/h7-15,17-19,29H,6,16,20-22H2,1-5H3,(H,32,36)/t29-/m1/s1. The maximum absolute atomic E-state index is 14.1. The van der Waals surface area contributed by atoms with Crippen molar-refractivity contribution in [2.24, 2.45) is 0 Å². The zero-order valence-corrected chi connectivity index (χ0v) is 24.3. The number of carbonyl (C=O) groups is 2. The molecule has 7 nitrogen and oxygen atoms in total. The van der Waals surface area contributed by atoms with Crippen molar-refractivity contribution in [1.82, 2.24) is 10.2 Å². The molecule has 208 valence electrons. The first-order valence-corrected chi connectivity index (χ1v) is 15.1. The lowest BCUT2D eigenvalue weighted by Crippen LogP contribution is -2.53. The first kappa shape index (κ1) is 29.9. The number of hydrogen-bond donors (Lipinski definition) is 1. The molecule has 1 N–H and O–H groups in total. The van der Waals surface area contributed by atoms with Crippen molar-refractivity contribution < 1.29 is 18.0 Å². The van der Waals surface area contributed by atoms with Gasteiger partial charge in [0.2, 0.25) is 21.8 Å². The van der Waals surface area contributed by atoms with Gasteiger partial charge in [-0.1, -0.05) is 67.6 Å². The number of nitrogens with one attached hydrogen (secondary N) is 1. The van der Waals surface area contributed by atoms with E-state index >= 15 is 0 Å². The summed E-state index contributed by atoms with van der Waals surface area (Å²) in [6.45, 7) is 7.94. The summed E-state index contributed by atoms with van der Waals surface area (Å²) in [4.78, 5) is 29.2. The Balaban J connectivity index is 2.07. The quantitative estimate of drug-likeness (QED) is 0.359. The van der Waals surface area contributed by atoms with Gasteiger partial charge in [-0.2, -0.15) is 0 Å². The van der Waals surface area contributed by atoms with E-state index in [2.05, 4.69) is 5.32 Å². The Bertz CT molecular complexity index is 1370. The highest BCUT2D eigenvalue weighted by Gasteiger charge is 2.33. The van der Waals surface area contributed by atoms with Crippen LogP contribution in [0.4, 0.5) is 5.69 Å². The molecule has 39 heavy (non-hydrogen) atoms. The highest BCUT2D eigenvalue weighted by molar-refractivity contribution is 7.92. The Labute approximate surface area is 232 Å². The van der Waals surface area contributed by atoms with Gasteiger partial charge in [-0.05, 0) is 67.1 Å². The second-order valence-corrected chi connectivity index (χ2v) is 12.0. The number of sulfonamides is 1. The summed E-state index contributed by atoms with van der Waals surface area (Å²) in [6.07, 6.45) is 2.15. The molecule has 0 saturated carbocycles. The highest BCUT2D eigenvalue weighted by Crippen LogP contribution is 2.23. The van der Waals surface area contributed by atoms with Crippen molar-refractivity contribution in [2.75, 3.05) is 23.7 Å². The van der Waals surface area contributed by atoms with Gasteiger partial charge in [0.05, 0.1) is 11.9 Å². The van der Waals surface area contributed by atoms with E-state index in [1.165, 1.54) is 4.90 Å². The van der Waals surface area contributed by atoms with Gasteiger partial charge in [-0.15, -0.1) is 0 Å². The zero-order valence-electron chi connectivity index (χ0n) is 23.5. The lowest BCUT2D eigenvalue weighted by molar-refractivity contribution is -0.140. The monoisotopic (exact) mass is 549 g/mol. The number of rotatable bonds is 12. The summed E-state index contributed by atoms with van der Waals surface area (Å²) in [5.41, 5.74) is 4.99. The maximum atomic E-state index is 14.1. The number of hydrogen-bond acceptors (Lipinski definition) is 4. The van der Waals surface area contributed by atoms with Crippen LogP contribution in [-0.4, -0.2) is 50.5 Å². The number of nitrogens with zero attached hydrogens (tertiary/aromatic N) is 2. The molecule has 0 saturated heterocycles. The third-order valence-corrected chi connectivity index (χ3v) is 7.74. The van der Waals surface area contributed by atoms with Crippen molar-refractivity contribution >= 4 is 27.5 Å². The second-order valence-electron chi connectivity index (χ2n) is 10.1. The predicted molar refractivity (Wildman–Crippen MR) is 157 cm³/mol. The summed E-state index contributed by atoms with van der Waals surface area (Å²) in [5.74, 6) is -0.713. The molecule has 0 aliphatic heterocycles. The van der Waals surface area contributed by atoms with Crippen LogP contribution < -0.4 is 9.62 Å². The minimum Gasteiger partial charge on any atom is -0.354 e. The molecule has 3 rings (SSSR count). The molecular weight excluding hydrogens is 510 g/mol. The largest absolute Gasteiger partial charge is 0.354 e. The molecule has 0 aliphatic rings. The summed E-state index contributed by atoms with van der Waals surface area (Å²) in [6, 6.07) is 21.9. The molecule has 3 aromatic carbocycles. The van der Waals surface area contributed by atoms with Crippen LogP contribution in [0.2, 0.25) is 0 Å². The number of anilines is 1. The Morgan fingerprint density at radius 1 is 0.897 bits per heavy atom. The topological polar surface area (TPSA) is 86.8 Å². The van der Waals surface area contributed by atoms with Crippen molar-refractivity contribution in [3.63, 3.8) is 0 Å². The molecular formula is C31H39N3O4S. The smallest absolute Gasteiger partial charge is 0.244 e. The minimum atomic E-state index is -3.79. The lowest BCUT2D eigenvalue weighted by Gasteiger charge is -2.34. The Morgan fingerprint density at radius 2 is 1.51 bits per heavy atom. The van der Waals surface area contributed by atoms with Crippen LogP contribution in [-0.2, 0) is 32.6 Å². The Morgan fingerprint density at radius 3 is 2.10 bits per heavy atom. The van der Waals surface area contributed by atoms with Crippen LogP contribution in [0, 0.1) is 20.8 Å². The molecule has 0 spiro atoms. The van der Waals surface area contributed by atoms with Crippen molar-refractivity contribution in [1.29, 1.82) is 0 Å². The van der Waals surface area contributed by atoms with Crippen molar-refractivity contribution in [3.8, 4) is 0 Å². The third kappa shape index (κ3) is 8.42. The van der Waals surface area contributed by atoms with Gasteiger partial charge in [0.15, 0.2) is 0 Å². The molecule has 3 aromatic rings. The third-order valence-electron chi connectivity index (χ3n) is 6.60. The van der Waals surface area contributed by atoms with Gasteiger partial charge in [0, 0.05) is 19.5 Å². The van der Waals surface area contributed by atoms with E-state index in [0.717, 1.165) is 44.8 Å². The van der Waals surface area contributed by atoms with Gasteiger partial charge < -0.3 is 10.2 Å². The molecule has 8 heteroatoms. The van der Waals surface area contributed by atoms with E-state index in [4.69, 9.17) is 0 Å². The van der Waals surface area contributed by atoms with E-state index < -0.39 is 28.5 Å². The van der Waals surface area contributed by atoms with Gasteiger partial charge >= 0.3 is 0 Å². The van der Waals surface area contributed by atoms with Gasteiger partial charge in [-0.3, -0.25) is 13.9 Å². The van der Waals surface area contributed by atoms with Crippen LogP contribution in [0.15, 0.2) is 72.8 Å². The van der Waals surface area contributed by atoms with Crippen LogP contribution >= 0.6 is 0 Å². The van der Waals surface area contributed by atoms with Crippen molar-refractivity contribution in [3.05, 3.63) is 101 Å². The SMILES string of the molecule is CCCNC(=O)[C@@H](Cc1ccccc1)N(Cc1ccccc1C)C(=O)CN(c1cc(C)cc(C)c1)S(C)(=O)=O. The summed E-state index contributed by atoms with van der Waals surface area (Å²) in [7, 11) is -3.79. The predicted octanol–water partition coefficient (Wildman–Crippen LogP) is 4.54. The minimum absolute atomic E-state index is 0.174. The van der Waals surface area contributed by atoms with Crippen LogP contribution in [0.3, 0.4) is 0 Å². The van der Waals surface area contributed by atoms with E-state index in [1.807, 2.05) is 88.4 Å². The van der Waals surface area contributed by atoms with Gasteiger partial charge in [0.1, 0.15) is 12.6 Å². The second kappa shape index (κ2) is 13.4. The molecule has 0 aromatic heterocycles. The molecule has 1 atom stereocenters. The van der Waals surface area contributed by atoms with E-state index in [1.54, 1.807) is 12.1 Å². The highest BCUT2D eigenvalue weighted by atomic mass is 32.2. The molecule has 0 heterocycles. The maximum Gasteiger partial charge on any atom is 0.244 e. The Kier molecular flexibility index (Phi) is 10.3. The Hall–Kier alpha value is -3.65. The number of benzene rings is 3. The van der Waals surface area contributed by atoms with Crippen LogP contribution in [0.5, 0.6) is 0 Å². The van der Waals surface area contributed by atoms with Gasteiger partial charge in [0.25, 0.3) is 0 Å². The summed E-state index contributed by atoms with van der Waals surface area (Å²) < 4.78 is 27.0. The molecule has 0 bridgehead atoms. The molecule has 0 unspecified atom stereocenters. The number of amides is 2. The fourth-order valence-corrected chi connectivity index (χ4v) is 5.43. The number of aryl methyl sites for hydroxylation is 3. The molecule has 0 radical (unpaired) electrons. The molecule has 0 fully saturated rings. The normalized spacial score (nSPS) is 12.0. The molecule has 0 aliphatic carbocycles. The van der Waals surface area contributed by atoms with Gasteiger partial charge in [-0.25, -0.2) is 8.42 Å². The lowest BCUT2D eigenvalue weighted by atomic mass is 10.0. The fourth-order valence-electron chi connectivity index (χ4n) is 4.60. The molecule has 2 amide bonds. The van der Waals surface area contributed by atoms with E-state index in [0.29, 0.717) is 18.7 Å². The summed E-state index contributed by atoms with van der Waals surface area (Å²) in [5, 5.41) is 2.95. The number of carbonyl (C=O) groups excluding carboxylic acids is 2. The average Bonchev–Trinajstić information content (AvgIpc) is 2.88. The first-order valence-electron chi connectivity index (χ1n) is 13.2. The zero-order chi connectivity index (χ0) is 28.6. The first-order chi connectivity index (χ1) is 18.5. The fraction of sp³-hybridized carbons (Fsp3) is 0.355. The average molecular weight is 550 g/mol. The van der Waals surface area contributed by atoms with Crippen molar-refractivity contribution in [2.45, 2.75) is 53.1 Å². The van der Waals surface area contributed by atoms with E-state index in [9.17, 15) is 18.0 Å². The summed E-state index contributed by atoms with van der Waals surface area (Å²) >= 11 is 0.